The van der Waals surface area contributed by atoms with Gasteiger partial charge in [-0.3, -0.25) is 9.78 Å². The number of pyridine rings is 1. The Morgan fingerprint density at radius 1 is 1.21 bits per heavy atom. The molecule has 1 aliphatic rings. The van der Waals surface area contributed by atoms with Gasteiger partial charge in [0, 0.05) is 43.0 Å². The number of carbonyl (C=O) groups excluding carboxylic acids is 1. The van der Waals surface area contributed by atoms with Crippen LogP contribution in [0.2, 0.25) is 0 Å². The van der Waals surface area contributed by atoms with Crippen LogP contribution in [0.15, 0.2) is 66.4 Å². The number of ether oxygens (including phenoxy) is 2. The molecule has 0 aliphatic carbocycles. The van der Waals surface area contributed by atoms with Crippen molar-refractivity contribution in [2.24, 2.45) is 0 Å². The van der Waals surface area contributed by atoms with E-state index in [-0.39, 0.29) is 5.91 Å². The fourth-order valence-electron chi connectivity index (χ4n) is 2.99. The molecule has 0 atom stereocenters. The summed E-state index contributed by atoms with van der Waals surface area (Å²) in [7, 11) is 3.11. The second-order valence-corrected chi connectivity index (χ2v) is 6.54. The van der Waals surface area contributed by atoms with Crippen molar-refractivity contribution in [1.82, 2.24) is 19.9 Å². The number of carbonyl (C=O) groups is 1. The molecular weight excluding hydrogens is 368 g/mol. The summed E-state index contributed by atoms with van der Waals surface area (Å²) in [4.78, 5) is 27.9. The zero-order chi connectivity index (χ0) is 20.8. The van der Waals surface area contributed by atoms with Gasteiger partial charge in [-0.25, -0.2) is 9.97 Å². The number of amides is 1. The summed E-state index contributed by atoms with van der Waals surface area (Å²) in [5.41, 5.74) is 3.00. The van der Waals surface area contributed by atoms with Crippen molar-refractivity contribution >= 4 is 5.91 Å². The Kier molecular flexibility index (Phi) is 6.39. The highest BCUT2D eigenvalue weighted by Gasteiger charge is 2.23. The number of hydrogen-bond donors (Lipinski definition) is 0. The average Bonchev–Trinajstić information content (AvgIpc) is 2.78. The molecule has 0 saturated carbocycles. The number of hydrogen-bond acceptors (Lipinski definition) is 6. The van der Waals surface area contributed by atoms with Gasteiger partial charge in [-0.1, -0.05) is 12.6 Å². The van der Waals surface area contributed by atoms with E-state index in [1.54, 1.807) is 50.6 Å². The van der Waals surface area contributed by atoms with E-state index in [0.29, 0.717) is 42.4 Å². The molecule has 0 saturated heterocycles. The monoisotopic (exact) mass is 392 g/mol. The van der Waals surface area contributed by atoms with Crippen LogP contribution < -0.4 is 0 Å². The smallest absolute Gasteiger partial charge is 0.253 e. The molecular formula is C22H24N4O3. The molecule has 0 aromatic carbocycles. The topological polar surface area (TPSA) is 77.4 Å². The van der Waals surface area contributed by atoms with E-state index in [1.807, 2.05) is 18.2 Å². The van der Waals surface area contributed by atoms with Gasteiger partial charge >= 0.3 is 0 Å². The van der Waals surface area contributed by atoms with Crippen LogP contribution in [0.5, 0.6) is 0 Å². The SMILES string of the molecule is C=C(/C=C\C(OC)=C(/C)OC)C(=O)N1CCc2nc(-c3ccccn3)ncc2C1. The summed E-state index contributed by atoms with van der Waals surface area (Å²) < 4.78 is 10.4. The van der Waals surface area contributed by atoms with Gasteiger partial charge in [0.05, 0.1) is 19.9 Å². The Balaban J connectivity index is 1.70. The Morgan fingerprint density at radius 2 is 2.03 bits per heavy atom. The van der Waals surface area contributed by atoms with Crippen molar-refractivity contribution < 1.29 is 14.3 Å². The summed E-state index contributed by atoms with van der Waals surface area (Å²) in [6.07, 6.45) is 7.47. The van der Waals surface area contributed by atoms with Gasteiger partial charge in [0.1, 0.15) is 11.5 Å². The van der Waals surface area contributed by atoms with Gasteiger partial charge in [-0.2, -0.15) is 0 Å². The quantitative estimate of drug-likeness (QED) is 0.427. The molecule has 0 spiro atoms. The third kappa shape index (κ3) is 4.68. The van der Waals surface area contributed by atoms with Crippen LogP contribution in [0, 0.1) is 0 Å². The lowest BCUT2D eigenvalue weighted by Gasteiger charge is -2.28. The van der Waals surface area contributed by atoms with E-state index < -0.39 is 0 Å². The van der Waals surface area contributed by atoms with Crippen LogP contribution in [0.4, 0.5) is 0 Å². The van der Waals surface area contributed by atoms with E-state index in [0.717, 1.165) is 17.0 Å². The minimum absolute atomic E-state index is 0.133. The van der Waals surface area contributed by atoms with Crippen LogP contribution in [0.1, 0.15) is 18.2 Å². The van der Waals surface area contributed by atoms with E-state index in [4.69, 9.17) is 9.47 Å². The maximum absolute atomic E-state index is 12.8. The first-order chi connectivity index (χ1) is 14.0. The predicted octanol–water partition coefficient (Wildman–Crippen LogP) is 3.06. The first-order valence-corrected chi connectivity index (χ1v) is 9.24. The normalized spacial score (nSPS) is 14.2. The maximum Gasteiger partial charge on any atom is 0.253 e. The van der Waals surface area contributed by atoms with Crippen molar-refractivity contribution in [2.75, 3.05) is 20.8 Å². The zero-order valence-corrected chi connectivity index (χ0v) is 16.9. The highest BCUT2D eigenvalue weighted by Crippen LogP contribution is 2.21. The first-order valence-electron chi connectivity index (χ1n) is 9.24. The Hall–Kier alpha value is -3.48. The van der Waals surface area contributed by atoms with Crippen molar-refractivity contribution in [3.8, 4) is 11.5 Å². The molecule has 1 aliphatic heterocycles. The number of fused-ring (bicyclic) bond motifs is 1. The second kappa shape index (κ2) is 9.14. The number of methoxy groups -OCH3 is 2. The number of rotatable bonds is 6. The second-order valence-electron chi connectivity index (χ2n) is 6.54. The number of allylic oxidation sites excluding steroid dienone is 2. The molecule has 29 heavy (non-hydrogen) atoms. The highest BCUT2D eigenvalue weighted by atomic mass is 16.5. The maximum atomic E-state index is 12.8. The summed E-state index contributed by atoms with van der Waals surface area (Å²) in [5.74, 6) is 1.63. The lowest BCUT2D eigenvalue weighted by molar-refractivity contribution is -0.127. The van der Waals surface area contributed by atoms with Crippen molar-refractivity contribution in [2.45, 2.75) is 19.9 Å². The average molecular weight is 392 g/mol. The predicted molar refractivity (Wildman–Crippen MR) is 109 cm³/mol. The van der Waals surface area contributed by atoms with Crippen LogP contribution in [-0.4, -0.2) is 46.5 Å². The molecule has 0 N–H and O–H groups in total. The number of aromatic nitrogens is 3. The molecule has 7 heteroatoms. The molecule has 3 heterocycles. The first kappa shape index (κ1) is 20.3. The van der Waals surface area contributed by atoms with E-state index >= 15 is 0 Å². The summed E-state index contributed by atoms with van der Waals surface area (Å²) in [6, 6.07) is 5.64. The summed E-state index contributed by atoms with van der Waals surface area (Å²) in [6.45, 7) is 6.70. The van der Waals surface area contributed by atoms with Crippen molar-refractivity contribution in [1.29, 1.82) is 0 Å². The molecule has 0 fully saturated rings. The molecule has 0 radical (unpaired) electrons. The van der Waals surface area contributed by atoms with Gasteiger partial charge < -0.3 is 14.4 Å². The van der Waals surface area contributed by atoms with Crippen LogP contribution in [0.25, 0.3) is 11.5 Å². The van der Waals surface area contributed by atoms with Crippen LogP contribution >= 0.6 is 0 Å². The van der Waals surface area contributed by atoms with Gasteiger partial charge in [0.2, 0.25) is 0 Å². The summed E-state index contributed by atoms with van der Waals surface area (Å²) in [5, 5.41) is 0. The fourth-order valence-corrected chi connectivity index (χ4v) is 2.99. The lowest BCUT2D eigenvalue weighted by atomic mass is 10.1. The zero-order valence-electron chi connectivity index (χ0n) is 16.9. The van der Waals surface area contributed by atoms with Gasteiger partial charge in [-0.15, -0.1) is 0 Å². The molecule has 0 bridgehead atoms. The van der Waals surface area contributed by atoms with Crippen molar-refractivity contribution in [3.63, 3.8) is 0 Å². The molecule has 7 nitrogen and oxygen atoms in total. The third-order valence-corrected chi connectivity index (χ3v) is 4.70. The lowest BCUT2D eigenvalue weighted by Crippen LogP contribution is -2.37. The minimum Gasteiger partial charge on any atom is -0.498 e. The van der Waals surface area contributed by atoms with Crippen LogP contribution in [0.3, 0.4) is 0 Å². The van der Waals surface area contributed by atoms with Gasteiger partial charge in [0.25, 0.3) is 5.91 Å². The summed E-state index contributed by atoms with van der Waals surface area (Å²) >= 11 is 0. The standard InChI is InChI=1S/C22H24N4O3/c1-15(8-9-20(29-4)16(2)28-3)22(27)26-12-10-18-17(14-26)13-24-21(25-18)19-7-5-6-11-23-19/h5-9,11,13H,1,10,12,14H2,2-4H3/b9-8-,20-16-. The molecule has 150 valence electrons. The minimum atomic E-state index is -0.133. The van der Waals surface area contributed by atoms with E-state index in [1.165, 1.54) is 0 Å². The molecule has 3 rings (SSSR count). The van der Waals surface area contributed by atoms with E-state index in [9.17, 15) is 4.79 Å². The Morgan fingerprint density at radius 3 is 2.72 bits per heavy atom. The Labute approximate surface area is 170 Å². The fraction of sp³-hybridized carbons (Fsp3) is 0.273. The molecule has 2 aromatic rings. The van der Waals surface area contributed by atoms with Gasteiger partial charge in [-0.05, 0) is 31.2 Å². The Bertz CT molecular complexity index is 967. The largest absolute Gasteiger partial charge is 0.498 e. The molecule has 1 amide bonds. The third-order valence-electron chi connectivity index (χ3n) is 4.70. The number of nitrogens with zero attached hydrogens (tertiary/aromatic N) is 4. The highest BCUT2D eigenvalue weighted by molar-refractivity contribution is 5.95. The van der Waals surface area contributed by atoms with E-state index in [2.05, 4.69) is 21.5 Å². The van der Waals surface area contributed by atoms with Crippen molar-refractivity contribution in [3.05, 3.63) is 77.7 Å². The molecule has 2 aromatic heterocycles. The van der Waals surface area contributed by atoms with Crippen LogP contribution in [-0.2, 0) is 27.2 Å². The van der Waals surface area contributed by atoms with Gasteiger partial charge in [0.15, 0.2) is 11.6 Å². The molecule has 0 unspecified atom stereocenters.